The molecule has 0 amide bonds. The molecule has 130 valence electrons. The lowest BCUT2D eigenvalue weighted by Gasteiger charge is -2.24. The minimum Gasteiger partial charge on any atom is -0.383 e. The van der Waals surface area contributed by atoms with Crippen molar-refractivity contribution in [3.63, 3.8) is 0 Å². The van der Waals surface area contributed by atoms with Gasteiger partial charge in [-0.2, -0.15) is 0 Å². The maximum Gasteiger partial charge on any atom is 0.116 e. The number of nitrogens with zero attached hydrogens (tertiary/aromatic N) is 4. The van der Waals surface area contributed by atoms with Gasteiger partial charge in [0, 0.05) is 53.0 Å². The number of aromatic nitrogens is 3. The highest BCUT2D eigenvalue weighted by Crippen LogP contribution is 2.44. The quantitative estimate of drug-likeness (QED) is 0.651. The third-order valence-corrected chi connectivity index (χ3v) is 5.52. The van der Waals surface area contributed by atoms with Crippen molar-refractivity contribution in [1.29, 1.82) is 0 Å². The number of likely N-dealkylation sites (N-methyl/N-ethyl adjacent to an activating group) is 1. The molecular formula is C19H21BrN4O. The maximum absolute atomic E-state index is 5.27. The van der Waals surface area contributed by atoms with Gasteiger partial charge in [0.25, 0.3) is 0 Å². The topological polar surface area (TPSA) is 43.2 Å². The van der Waals surface area contributed by atoms with E-state index in [9.17, 15) is 0 Å². The van der Waals surface area contributed by atoms with Crippen molar-refractivity contribution < 1.29 is 4.74 Å². The molecule has 0 bridgehead atoms. The number of rotatable bonds is 5. The first-order valence-corrected chi connectivity index (χ1v) is 9.27. The third-order valence-electron chi connectivity index (χ3n) is 5.03. The standard InChI is InChI=1S/C19H21BrN4O/c1-23(9-10-25-2)17-6-8-24-16-4-3-13(20)11-14(16)18(19(17)24)15-5-7-21-12-22-15/h3-5,7,11-12,17H,6,8-10H2,1-2H3/t17-/m1/s1. The normalized spacial score (nSPS) is 16.7. The molecule has 0 saturated heterocycles. The molecule has 2 aromatic heterocycles. The van der Waals surface area contributed by atoms with E-state index in [0.717, 1.165) is 36.3 Å². The van der Waals surface area contributed by atoms with E-state index in [2.05, 4.69) is 60.6 Å². The van der Waals surface area contributed by atoms with Crippen molar-refractivity contribution in [1.82, 2.24) is 19.4 Å². The summed E-state index contributed by atoms with van der Waals surface area (Å²) in [6.45, 7) is 2.68. The predicted molar refractivity (Wildman–Crippen MR) is 103 cm³/mol. The van der Waals surface area contributed by atoms with Gasteiger partial charge in [-0.15, -0.1) is 0 Å². The van der Waals surface area contributed by atoms with Gasteiger partial charge in [0.05, 0.1) is 18.3 Å². The van der Waals surface area contributed by atoms with Gasteiger partial charge in [0.2, 0.25) is 0 Å². The van der Waals surface area contributed by atoms with Crippen LogP contribution in [0.3, 0.4) is 0 Å². The number of halogens is 1. The van der Waals surface area contributed by atoms with Gasteiger partial charge in [-0.1, -0.05) is 15.9 Å². The average molecular weight is 401 g/mol. The lowest BCUT2D eigenvalue weighted by molar-refractivity contribution is 0.139. The molecule has 4 rings (SSSR count). The van der Waals surface area contributed by atoms with Crippen LogP contribution in [0.15, 0.2) is 41.3 Å². The van der Waals surface area contributed by atoms with Gasteiger partial charge in [-0.3, -0.25) is 4.90 Å². The zero-order valence-electron chi connectivity index (χ0n) is 14.4. The Morgan fingerprint density at radius 2 is 2.24 bits per heavy atom. The number of hydrogen-bond donors (Lipinski definition) is 0. The van der Waals surface area contributed by atoms with Gasteiger partial charge >= 0.3 is 0 Å². The molecule has 1 aliphatic rings. The first-order valence-electron chi connectivity index (χ1n) is 8.48. The molecule has 1 aliphatic heterocycles. The van der Waals surface area contributed by atoms with E-state index in [1.165, 1.54) is 22.2 Å². The molecule has 0 saturated carbocycles. The minimum absolute atomic E-state index is 0.367. The minimum atomic E-state index is 0.367. The molecule has 0 unspecified atom stereocenters. The van der Waals surface area contributed by atoms with E-state index in [1.807, 2.05) is 12.3 Å². The number of ether oxygens (including phenoxy) is 1. The summed E-state index contributed by atoms with van der Waals surface area (Å²) in [6.07, 6.45) is 4.55. The molecule has 0 N–H and O–H groups in total. The molecule has 25 heavy (non-hydrogen) atoms. The Balaban J connectivity index is 1.91. The number of fused-ring (bicyclic) bond motifs is 3. The molecule has 1 atom stereocenters. The first kappa shape index (κ1) is 16.7. The molecule has 0 aliphatic carbocycles. The van der Waals surface area contributed by atoms with Gasteiger partial charge in [-0.25, -0.2) is 9.97 Å². The molecule has 3 heterocycles. The molecule has 3 aromatic rings. The fourth-order valence-corrected chi connectivity index (χ4v) is 4.21. The Morgan fingerprint density at radius 3 is 3.00 bits per heavy atom. The van der Waals surface area contributed by atoms with Crippen LogP contribution < -0.4 is 0 Å². The van der Waals surface area contributed by atoms with Crippen LogP contribution in [0.2, 0.25) is 0 Å². The van der Waals surface area contributed by atoms with Crippen LogP contribution in [0.5, 0.6) is 0 Å². The monoisotopic (exact) mass is 400 g/mol. The Kier molecular flexibility index (Phi) is 4.58. The summed E-state index contributed by atoms with van der Waals surface area (Å²) in [5.41, 5.74) is 4.84. The average Bonchev–Trinajstić information content (AvgIpc) is 3.18. The van der Waals surface area contributed by atoms with Crippen LogP contribution in [0.1, 0.15) is 18.2 Å². The van der Waals surface area contributed by atoms with E-state index >= 15 is 0 Å². The number of methoxy groups -OCH3 is 1. The Hall–Kier alpha value is -1.76. The van der Waals surface area contributed by atoms with Gasteiger partial charge in [-0.05, 0) is 37.7 Å². The Labute approximate surface area is 155 Å². The summed E-state index contributed by atoms with van der Waals surface area (Å²) in [5, 5.41) is 1.24. The van der Waals surface area contributed by atoms with Crippen molar-refractivity contribution in [2.24, 2.45) is 0 Å². The van der Waals surface area contributed by atoms with E-state index in [4.69, 9.17) is 4.74 Å². The van der Waals surface area contributed by atoms with Gasteiger partial charge in [0.1, 0.15) is 6.33 Å². The van der Waals surface area contributed by atoms with Crippen molar-refractivity contribution in [3.8, 4) is 11.3 Å². The molecular weight excluding hydrogens is 380 g/mol. The molecule has 0 spiro atoms. The Bertz CT molecular complexity index is 893. The summed E-state index contributed by atoms with van der Waals surface area (Å²) >= 11 is 3.62. The van der Waals surface area contributed by atoms with Crippen molar-refractivity contribution in [2.75, 3.05) is 27.3 Å². The van der Waals surface area contributed by atoms with Crippen LogP contribution in [-0.4, -0.2) is 46.7 Å². The van der Waals surface area contributed by atoms with E-state index < -0.39 is 0 Å². The highest BCUT2D eigenvalue weighted by Gasteiger charge is 2.32. The lowest BCUT2D eigenvalue weighted by Crippen LogP contribution is -2.27. The van der Waals surface area contributed by atoms with Crippen LogP contribution in [0.4, 0.5) is 0 Å². The van der Waals surface area contributed by atoms with Crippen molar-refractivity contribution in [3.05, 3.63) is 47.0 Å². The second-order valence-electron chi connectivity index (χ2n) is 6.45. The lowest BCUT2D eigenvalue weighted by atomic mass is 10.0. The summed E-state index contributed by atoms with van der Waals surface area (Å²) in [4.78, 5) is 11.0. The second kappa shape index (κ2) is 6.86. The summed E-state index contributed by atoms with van der Waals surface area (Å²) in [6, 6.07) is 8.88. The third kappa shape index (κ3) is 2.88. The SMILES string of the molecule is COCCN(C)[C@@H]1CCn2c1c(-c1ccncn1)c1cc(Br)ccc12. The zero-order chi connectivity index (χ0) is 17.4. The highest BCUT2D eigenvalue weighted by atomic mass is 79.9. The van der Waals surface area contributed by atoms with E-state index in [-0.39, 0.29) is 0 Å². The first-order chi connectivity index (χ1) is 12.2. The van der Waals surface area contributed by atoms with Crippen molar-refractivity contribution in [2.45, 2.75) is 19.0 Å². The molecule has 1 aromatic carbocycles. The zero-order valence-corrected chi connectivity index (χ0v) is 16.0. The van der Waals surface area contributed by atoms with Gasteiger partial charge in [0.15, 0.2) is 0 Å². The van der Waals surface area contributed by atoms with Crippen LogP contribution >= 0.6 is 15.9 Å². The molecule has 0 fully saturated rings. The summed E-state index contributed by atoms with van der Waals surface area (Å²) < 4.78 is 8.81. The van der Waals surface area contributed by atoms with Gasteiger partial charge < -0.3 is 9.30 Å². The smallest absolute Gasteiger partial charge is 0.116 e. The number of benzene rings is 1. The molecule has 5 nitrogen and oxygen atoms in total. The largest absolute Gasteiger partial charge is 0.383 e. The van der Waals surface area contributed by atoms with Crippen LogP contribution in [0.25, 0.3) is 22.2 Å². The maximum atomic E-state index is 5.27. The molecule has 6 heteroatoms. The van der Waals surface area contributed by atoms with Crippen LogP contribution in [0, 0.1) is 0 Å². The van der Waals surface area contributed by atoms with Crippen molar-refractivity contribution >= 4 is 26.8 Å². The highest BCUT2D eigenvalue weighted by molar-refractivity contribution is 9.10. The fraction of sp³-hybridized carbons (Fsp3) is 0.368. The number of aryl methyl sites for hydroxylation is 1. The second-order valence-corrected chi connectivity index (χ2v) is 7.36. The summed E-state index contributed by atoms with van der Waals surface area (Å²) in [5.74, 6) is 0. The van der Waals surface area contributed by atoms with E-state index in [1.54, 1.807) is 13.4 Å². The number of hydrogen-bond acceptors (Lipinski definition) is 4. The van der Waals surface area contributed by atoms with Crippen LogP contribution in [-0.2, 0) is 11.3 Å². The molecule has 0 radical (unpaired) electrons. The Morgan fingerprint density at radius 1 is 1.36 bits per heavy atom. The van der Waals surface area contributed by atoms with E-state index in [0.29, 0.717) is 6.04 Å². The summed E-state index contributed by atoms with van der Waals surface area (Å²) in [7, 11) is 3.93. The predicted octanol–water partition coefficient (Wildman–Crippen LogP) is 3.88. The fourth-order valence-electron chi connectivity index (χ4n) is 3.85.